The molecular formula is C27H37AcN3O4. The van der Waals surface area contributed by atoms with Gasteiger partial charge in [0.15, 0.2) is 0 Å². The zero-order valence-corrected chi connectivity index (χ0v) is 25.9. The number of hydrogen-bond donors (Lipinski definition) is 2. The zero-order valence-electron chi connectivity index (χ0n) is 21.1. The molecule has 8 heteroatoms. The van der Waals surface area contributed by atoms with Crippen LogP contribution in [-0.2, 0) is 4.79 Å². The van der Waals surface area contributed by atoms with Crippen LogP contribution in [-0.4, -0.2) is 40.7 Å². The van der Waals surface area contributed by atoms with Gasteiger partial charge in [-0.15, -0.1) is 0 Å². The number of nitrogens with one attached hydrogen (secondary N) is 1. The molecule has 7 nitrogen and oxygen atoms in total. The summed E-state index contributed by atoms with van der Waals surface area (Å²) in [6.45, 7) is 8.85. The van der Waals surface area contributed by atoms with E-state index in [0.29, 0.717) is 22.4 Å². The largest absolute Gasteiger partial charge is 0.423 e. The maximum absolute atomic E-state index is 13.0. The van der Waals surface area contributed by atoms with Gasteiger partial charge in [0.05, 0.1) is 5.56 Å². The molecule has 0 heterocycles. The standard InChI is InChI=1S/C27H35N3O3.Ac.H2O/c1-5-6-7-8-17-30(19(2)3)26(31)20(4)18-21-9-11-23(12-10-21)27(32)33-24-15-13-22(14-16-24)25(28)29;;/h9-16,18-19H,5-8,17H2,1-4H3,(H3,28,29);;1H2/b20-18+;;. The van der Waals surface area contributed by atoms with Gasteiger partial charge < -0.3 is 20.8 Å². The molecule has 0 aromatic heterocycles. The first kappa shape index (κ1) is 33.0. The Morgan fingerprint density at radius 1 is 1.00 bits per heavy atom. The number of carbonyl (C=O) groups excluding carboxylic acids is 2. The summed E-state index contributed by atoms with van der Waals surface area (Å²) in [6, 6.07) is 13.6. The Bertz CT molecular complexity index is 986. The number of nitrogens with zero attached hydrogens (tertiary/aromatic N) is 1. The molecule has 0 bridgehead atoms. The van der Waals surface area contributed by atoms with Gasteiger partial charge in [-0.2, -0.15) is 0 Å². The fourth-order valence-corrected chi connectivity index (χ4v) is 3.43. The topological polar surface area (TPSA) is 128 Å². The number of nitrogens with two attached hydrogens (primary N) is 1. The van der Waals surface area contributed by atoms with Crippen LogP contribution in [0.5, 0.6) is 5.75 Å². The molecule has 2 aromatic carbocycles. The van der Waals surface area contributed by atoms with Gasteiger partial charge in [-0.3, -0.25) is 10.2 Å². The van der Waals surface area contributed by atoms with E-state index in [4.69, 9.17) is 15.9 Å². The number of ether oxygens (including phenoxy) is 1. The van der Waals surface area contributed by atoms with Crippen molar-refractivity contribution in [1.29, 1.82) is 5.41 Å². The smallest absolute Gasteiger partial charge is 0.343 e. The second-order valence-electron chi connectivity index (χ2n) is 8.43. The van der Waals surface area contributed by atoms with Gasteiger partial charge in [-0.1, -0.05) is 38.3 Å². The summed E-state index contributed by atoms with van der Waals surface area (Å²) < 4.78 is 5.38. The monoisotopic (exact) mass is 694 g/mol. The minimum Gasteiger partial charge on any atom is -0.423 e. The van der Waals surface area contributed by atoms with Gasteiger partial charge in [0.25, 0.3) is 0 Å². The molecule has 0 fully saturated rings. The van der Waals surface area contributed by atoms with Crippen molar-refractivity contribution in [2.75, 3.05) is 6.54 Å². The fraction of sp³-hybridized carbons (Fsp3) is 0.370. The zero-order chi connectivity index (χ0) is 24.4. The van der Waals surface area contributed by atoms with E-state index < -0.39 is 5.97 Å². The van der Waals surface area contributed by atoms with E-state index in [1.54, 1.807) is 48.5 Å². The second-order valence-corrected chi connectivity index (χ2v) is 8.43. The predicted octanol–water partition coefficient (Wildman–Crippen LogP) is 4.59. The van der Waals surface area contributed by atoms with Crippen LogP contribution in [0.1, 0.15) is 74.9 Å². The van der Waals surface area contributed by atoms with Crippen molar-refractivity contribution in [2.45, 2.75) is 59.4 Å². The van der Waals surface area contributed by atoms with Crippen molar-refractivity contribution in [2.24, 2.45) is 5.73 Å². The normalized spacial score (nSPS) is 10.7. The minimum atomic E-state index is -0.480. The molecule has 1 amide bonds. The number of benzene rings is 2. The summed E-state index contributed by atoms with van der Waals surface area (Å²) in [7, 11) is 0. The van der Waals surface area contributed by atoms with Crippen molar-refractivity contribution in [3.05, 3.63) is 70.8 Å². The molecule has 0 atom stereocenters. The van der Waals surface area contributed by atoms with E-state index in [-0.39, 0.29) is 67.3 Å². The summed E-state index contributed by atoms with van der Waals surface area (Å²) in [5, 5.41) is 7.41. The predicted molar refractivity (Wildman–Crippen MR) is 137 cm³/mol. The first-order valence-corrected chi connectivity index (χ1v) is 11.5. The Labute approximate surface area is 244 Å². The SMILES string of the molecule is CCCCCCN(C(=O)/C(C)=C/c1ccc(C(=O)Oc2ccc(C(=N)N)cc2)cc1)C(C)C.O.[Ac]. The number of unbranched alkanes of at least 4 members (excludes halogenated alkanes) is 3. The molecule has 0 saturated heterocycles. The molecule has 0 aliphatic rings. The molecule has 1 radical (unpaired) electrons. The van der Waals surface area contributed by atoms with Crippen molar-refractivity contribution in [3.63, 3.8) is 0 Å². The molecule has 0 spiro atoms. The van der Waals surface area contributed by atoms with Crippen LogP contribution >= 0.6 is 0 Å². The molecule has 2 aromatic rings. The Balaban J connectivity index is 0.00000578. The number of amidine groups is 1. The minimum absolute atomic E-state index is 0. The number of rotatable bonds is 11. The van der Waals surface area contributed by atoms with E-state index in [1.165, 1.54) is 12.8 Å². The Hall–Kier alpha value is -2.01. The molecule has 0 unspecified atom stereocenters. The third-order valence-corrected chi connectivity index (χ3v) is 5.38. The van der Waals surface area contributed by atoms with Crippen molar-refractivity contribution < 1.29 is 63.9 Å². The van der Waals surface area contributed by atoms with E-state index >= 15 is 0 Å². The van der Waals surface area contributed by atoms with E-state index in [1.807, 2.05) is 31.7 Å². The average molecular weight is 695 g/mol. The van der Waals surface area contributed by atoms with Crippen LogP contribution in [0, 0.1) is 49.5 Å². The van der Waals surface area contributed by atoms with Crippen LogP contribution in [0.3, 0.4) is 0 Å². The van der Waals surface area contributed by atoms with Crippen LogP contribution in [0.2, 0.25) is 0 Å². The fourth-order valence-electron chi connectivity index (χ4n) is 3.43. The molecule has 0 aliphatic heterocycles. The number of hydrogen-bond acceptors (Lipinski definition) is 4. The Morgan fingerprint density at radius 2 is 1.57 bits per heavy atom. The van der Waals surface area contributed by atoms with Crippen LogP contribution in [0.25, 0.3) is 6.08 Å². The Kier molecular flexibility index (Phi) is 15.7. The maximum atomic E-state index is 13.0. The van der Waals surface area contributed by atoms with Crippen LogP contribution < -0.4 is 10.5 Å². The van der Waals surface area contributed by atoms with Crippen LogP contribution in [0.4, 0.5) is 0 Å². The van der Waals surface area contributed by atoms with Crippen molar-refractivity contribution in [3.8, 4) is 5.75 Å². The van der Waals surface area contributed by atoms with Gasteiger partial charge in [0, 0.05) is 67.8 Å². The Morgan fingerprint density at radius 3 is 2.09 bits per heavy atom. The van der Waals surface area contributed by atoms with Crippen molar-refractivity contribution in [1.82, 2.24) is 4.90 Å². The van der Waals surface area contributed by atoms with Gasteiger partial charge >= 0.3 is 5.97 Å². The molecular weight excluding hydrogens is 657 g/mol. The molecule has 35 heavy (non-hydrogen) atoms. The summed E-state index contributed by atoms with van der Waals surface area (Å²) in [5.41, 5.74) is 7.92. The average Bonchev–Trinajstić information content (AvgIpc) is 2.79. The number of esters is 1. The molecule has 5 N–H and O–H groups in total. The van der Waals surface area contributed by atoms with E-state index in [0.717, 1.165) is 24.9 Å². The number of carbonyl (C=O) groups is 2. The van der Waals surface area contributed by atoms with Crippen molar-refractivity contribution >= 4 is 23.8 Å². The summed E-state index contributed by atoms with van der Waals surface area (Å²) in [6.07, 6.45) is 6.35. The third-order valence-electron chi connectivity index (χ3n) is 5.38. The summed E-state index contributed by atoms with van der Waals surface area (Å²) in [4.78, 5) is 27.3. The van der Waals surface area contributed by atoms with E-state index in [9.17, 15) is 9.59 Å². The first-order chi connectivity index (χ1) is 15.7. The molecule has 0 saturated carbocycles. The quantitative estimate of drug-likeness (QED) is 0.0892. The molecule has 187 valence electrons. The summed E-state index contributed by atoms with van der Waals surface area (Å²) in [5.74, 6) is -0.104. The molecule has 0 aliphatic carbocycles. The van der Waals surface area contributed by atoms with E-state index in [2.05, 4.69) is 6.92 Å². The molecule has 2 rings (SSSR count). The van der Waals surface area contributed by atoms with Gasteiger partial charge in [0.2, 0.25) is 5.91 Å². The number of amides is 1. The van der Waals surface area contributed by atoms with Gasteiger partial charge in [-0.25, -0.2) is 4.79 Å². The maximum Gasteiger partial charge on any atom is 0.343 e. The third kappa shape index (κ3) is 10.6. The number of nitrogen functional groups attached to an aromatic ring is 1. The first-order valence-electron chi connectivity index (χ1n) is 11.5. The van der Waals surface area contributed by atoms with Gasteiger partial charge in [-0.05, 0) is 75.2 Å². The van der Waals surface area contributed by atoms with Gasteiger partial charge in [0.1, 0.15) is 11.6 Å². The van der Waals surface area contributed by atoms with Crippen LogP contribution in [0.15, 0.2) is 54.1 Å². The second kappa shape index (κ2) is 16.6. The summed E-state index contributed by atoms with van der Waals surface area (Å²) >= 11 is 0.